The van der Waals surface area contributed by atoms with Gasteiger partial charge in [-0.05, 0) is 54.3 Å². The van der Waals surface area contributed by atoms with Crippen LogP contribution in [-0.4, -0.2) is 80.3 Å². The summed E-state index contributed by atoms with van der Waals surface area (Å²) < 4.78 is 16.2. The third-order valence-electron chi connectivity index (χ3n) is 8.41. The van der Waals surface area contributed by atoms with Crippen LogP contribution in [0, 0.1) is 0 Å². The molecule has 4 heterocycles. The van der Waals surface area contributed by atoms with Gasteiger partial charge >= 0.3 is 12.0 Å². The van der Waals surface area contributed by atoms with Gasteiger partial charge in [-0.1, -0.05) is 35.3 Å². The van der Waals surface area contributed by atoms with Crippen molar-refractivity contribution in [1.29, 1.82) is 0 Å². The van der Waals surface area contributed by atoms with Gasteiger partial charge in [-0.25, -0.2) is 24.7 Å². The summed E-state index contributed by atoms with van der Waals surface area (Å²) in [7, 11) is 3.05. The molecule has 2 aromatic carbocycles. The lowest BCUT2D eigenvalue weighted by Gasteiger charge is -2.23. The fraction of sp³-hybridized carbons (Fsp3) is 0.278. The van der Waals surface area contributed by atoms with Crippen LogP contribution < -0.4 is 35.1 Å². The van der Waals surface area contributed by atoms with Crippen molar-refractivity contribution in [2.24, 2.45) is 0 Å². The van der Waals surface area contributed by atoms with E-state index in [4.69, 9.17) is 37.4 Å². The number of rotatable bonds is 15. The highest BCUT2D eigenvalue weighted by molar-refractivity contribution is 6.32. The quantitative estimate of drug-likeness (QED) is 0.107. The maximum atomic E-state index is 13.8. The number of carbonyl (C=O) groups is 2. The van der Waals surface area contributed by atoms with Crippen LogP contribution in [0.25, 0.3) is 0 Å². The molecule has 1 atom stereocenters. The van der Waals surface area contributed by atoms with Crippen LogP contribution in [0.5, 0.6) is 17.5 Å². The number of aromatic nitrogens is 6. The minimum atomic E-state index is -0.858. The molecule has 1 aliphatic heterocycles. The van der Waals surface area contributed by atoms with E-state index in [9.17, 15) is 14.7 Å². The number of nitrogens with one attached hydrogen (secondary N) is 3. The van der Waals surface area contributed by atoms with E-state index in [2.05, 4.69) is 45.9 Å². The second kappa shape index (κ2) is 17.8. The van der Waals surface area contributed by atoms with Crippen molar-refractivity contribution >= 4 is 52.7 Å². The summed E-state index contributed by atoms with van der Waals surface area (Å²) in [6, 6.07) is 11.7. The first-order chi connectivity index (χ1) is 26.3. The molecule has 0 spiro atoms. The Morgan fingerprint density at radius 1 is 0.852 bits per heavy atom. The average molecular weight is 776 g/mol. The number of ether oxygens (including phenoxy) is 3. The normalized spacial score (nSPS) is 13.6. The third kappa shape index (κ3) is 9.20. The number of hydrogen-bond acceptors (Lipinski definition) is 15. The second-order valence-electron chi connectivity index (χ2n) is 11.9. The van der Waals surface area contributed by atoms with Gasteiger partial charge in [-0.3, -0.25) is 4.79 Å². The van der Waals surface area contributed by atoms with Crippen molar-refractivity contribution in [2.75, 3.05) is 42.9 Å². The number of aliphatic hydroxyl groups excluding tert-OH is 1. The Kier molecular flexibility index (Phi) is 12.5. The van der Waals surface area contributed by atoms with Crippen molar-refractivity contribution in [2.45, 2.75) is 38.5 Å². The molecule has 280 valence electrons. The van der Waals surface area contributed by atoms with Gasteiger partial charge in [0.05, 0.1) is 43.5 Å². The minimum absolute atomic E-state index is 0.00577. The Morgan fingerprint density at radius 2 is 1.48 bits per heavy atom. The molecule has 0 bridgehead atoms. The maximum Gasteiger partial charge on any atom is 0.351 e. The lowest BCUT2D eigenvalue weighted by Crippen LogP contribution is -2.33. The van der Waals surface area contributed by atoms with Crippen LogP contribution in [0.2, 0.25) is 10.0 Å². The highest BCUT2D eigenvalue weighted by atomic mass is 35.5. The third-order valence-corrected chi connectivity index (χ3v) is 9.01. The Hall–Kier alpha value is -5.84. The number of halogens is 2. The number of amides is 1. The Balaban J connectivity index is 1.26. The summed E-state index contributed by atoms with van der Waals surface area (Å²) in [4.78, 5) is 54.9. The Morgan fingerprint density at radius 3 is 2.09 bits per heavy atom. The topological polar surface area (TPSA) is 199 Å². The van der Waals surface area contributed by atoms with Gasteiger partial charge in [-0.2, -0.15) is 9.97 Å². The van der Waals surface area contributed by atoms with Crippen molar-refractivity contribution in [1.82, 2.24) is 35.2 Å². The summed E-state index contributed by atoms with van der Waals surface area (Å²) in [6.07, 6.45) is 7.37. The lowest BCUT2D eigenvalue weighted by atomic mass is 10.2. The number of carbonyl (C=O) groups excluding carboxylic acids is 2. The SMILES string of the molecule is COc1ccc(CNc2nc(OC(=O)c3cnc(N4CCC[C@@H]4CO)nc3NCc3ccc(OC)c(Cl)c3)ncc2C(=O)NCc2ncccn2)cc1Cl. The smallest absolute Gasteiger partial charge is 0.351 e. The standard InChI is InChI=1S/C36H36Cl2N10O6/c1-52-28-8-6-21(13-26(28)37)15-41-31-24(33(50)43-19-30-39-10-4-11-40-30)17-45-36(47-31)54-34(51)25-18-44-35(48-12-3-5-23(48)20-49)46-32(25)42-16-22-7-9-29(53-2)27(38)14-22/h4,6-11,13-14,17-18,23,49H,3,5,12,15-16,19-20H2,1-2H3,(H,43,50)(H,41,45,47)(H,42,44,46)/t23-/m1/s1. The molecule has 1 amide bonds. The molecular weight excluding hydrogens is 739 g/mol. The second-order valence-corrected chi connectivity index (χ2v) is 12.7. The fourth-order valence-corrected chi connectivity index (χ4v) is 6.19. The van der Waals surface area contributed by atoms with E-state index in [1.54, 1.807) is 48.8 Å². The van der Waals surface area contributed by atoms with Crippen molar-refractivity contribution in [3.63, 3.8) is 0 Å². The molecule has 16 nitrogen and oxygen atoms in total. The Labute approximate surface area is 320 Å². The van der Waals surface area contributed by atoms with Crippen LogP contribution in [-0.2, 0) is 19.6 Å². The summed E-state index contributed by atoms with van der Waals surface area (Å²) in [5.41, 5.74) is 1.62. The van der Waals surface area contributed by atoms with E-state index >= 15 is 0 Å². The van der Waals surface area contributed by atoms with Crippen LogP contribution in [0.15, 0.2) is 67.3 Å². The number of hydrogen-bond donors (Lipinski definition) is 4. The summed E-state index contributed by atoms with van der Waals surface area (Å²) in [5.74, 6) is 0.655. The molecule has 4 N–H and O–H groups in total. The van der Waals surface area contributed by atoms with Crippen molar-refractivity contribution in [3.05, 3.63) is 105 Å². The van der Waals surface area contributed by atoms with Crippen molar-refractivity contribution < 1.29 is 28.9 Å². The van der Waals surface area contributed by atoms with Gasteiger partial charge in [0.15, 0.2) is 0 Å². The predicted molar refractivity (Wildman–Crippen MR) is 200 cm³/mol. The zero-order valence-electron chi connectivity index (χ0n) is 29.3. The molecule has 3 aromatic heterocycles. The monoisotopic (exact) mass is 774 g/mol. The van der Waals surface area contributed by atoms with E-state index in [1.165, 1.54) is 26.6 Å². The van der Waals surface area contributed by atoms with Gasteiger partial charge < -0.3 is 40.2 Å². The van der Waals surface area contributed by atoms with E-state index in [0.717, 1.165) is 24.0 Å². The highest BCUT2D eigenvalue weighted by Crippen LogP contribution is 2.29. The average Bonchev–Trinajstić information content (AvgIpc) is 3.68. The molecular formula is C36H36Cl2N10O6. The van der Waals surface area contributed by atoms with Gasteiger partial charge in [0, 0.05) is 44.4 Å². The molecule has 1 aliphatic rings. The van der Waals surface area contributed by atoms with Gasteiger partial charge in [0.25, 0.3) is 5.91 Å². The minimum Gasteiger partial charge on any atom is -0.495 e. The fourth-order valence-electron chi connectivity index (χ4n) is 5.62. The molecule has 5 aromatic rings. The van der Waals surface area contributed by atoms with Gasteiger partial charge in [-0.15, -0.1) is 0 Å². The molecule has 6 rings (SSSR count). The lowest BCUT2D eigenvalue weighted by molar-refractivity contribution is 0.0719. The van der Waals surface area contributed by atoms with Crippen LogP contribution >= 0.6 is 23.2 Å². The number of nitrogens with zero attached hydrogens (tertiary/aromatic N) is 7. The number of benzene rings is 2. The molecule has 18 heteroatoms. The number of aliphatic hydroxyl groups is 1. The first-order valence-electron chi connectivity index (χ1n) is 16.8. The van der Waals surface area contributed by atoms with E-state index < -0.39 is 11.9 Å². The molecule has 0 radical (unpaired) electrons. The molecule has 0 saturated carbocycles. The number of methoxy groups -OCH3 is 2. The molecule has 0 unspecified atom stereocenters. The number of esters is 1. The van der Waals surface area contributed by atoms with Crippen LogP contribution in [0.1, 0.15) is 50.5 Å². The zero-order chi connectivity index (χ0) is 38.0. The van der Waals surface area contributed by atoms with Crippen LogP contribution in [0.4, 0.5) is 17.6 Å². The summed E-state index contributed by atoms with van der Waals surface area (Å²) in [6.45, 7) is 1.07. The van der Waals surface area contributed by atoms with Crippen molar-refractivity contribution in [3.8, 4) is 17.5 Å². The van der Waals surface area contributed by atoms with E-state index in [0.29, 0.717) is 39.9 Å². The zero-order valence-corrected chi connectivity index (χ0v) is 30.8. The van der Waals surface area contributed by atoms with E-state index in [1.807, 2.05) is 11.0 Å². The molecule has 1 fully saturated rings. The van der Waals surface area contributed by atoms with Crippen LogP contribution in [0.3, 0.4) is 0 Å². The van der Waals surface area contributed by atoms with Gasteiger partial charge in [0.1, 0.15) is 40.1 Å². The first-order valence-corrected chi connectivity index (χ1v) is 17.5. The largest absolute Gasteiger partial charge is 0.495 e. The molecule has 0 aliphatic carbocycles. The molecule has 1 saturated heterocycles. The Bertz CT molecular complexity index is 2110. The maximum absolute atomic E-state index is 13.8. The number of anilines is 3. The summed E-state index contributed by atoms with van der Waals surface area (Å²) in [5, 5.41) is 19.8. The molecule has 54 heavy (non-hydrogen) atoms. The first kappa shape index (κ1) is 37.9. The van der Waals surface area contributed by atoms with Gasteiger partial charge in [0.2, 0.25) is 5.95 Å². The van der Waals surface area contributed by atoms with E-state index in [-0.39, 0.29) is 61.1 Å². The summed E-state index contributed by atoms with van der Waals surface area (Å²) >= 11 is 12.7. The highest BCUT2D eigenvalue weighted by Gasteiger charge is 2.28. The predicted octanol–water partition coefficient (Wildman–Crippen LogP) is 4.72.